The lowest BCUT2D eigenvalue weighted by Gasteiger charge is -2.19. The van der Waals surface area contributed by atoms with Crippen LogP contribution in [0.15, 0.2) is 22.0 Å². The Bertz CT molecular complexity index is 2550. The molecule has 4 heterocycles. The first kappa shape index (κ1) is 56.9. The molecule has 2 saturated heterocycles. The van der Waals surface area contributed by atoms with Crippen LogP contribution in [0.2, 0.25) is 0 Å². The Morgan fingerprint density at radius 3 is 1.57 bits per heavy atom. The number of nitrogens with one attached hydrogen (secondary N) is 2. The van der Waals surface area contributed by atoms with Crippen molar-refractivity contribution >= 4 is 58.9 Å². The van der Waals surface area contributed by atoms with Crippen LogP contribution < -0.4 is 33.5 Å². The second-order valence-corrected chi connectivity index (χ2v) is 18.2. The van der Waals surface area contributed by atoms with Gasteiger partial charge in [0.05, 0.1) is 49.4 Å². The summed E-state index contributed by atoms with van der Waals surface area (Å²) < 4.78 is 68.3. The summed E-state index contributed by atoms with van der Waals surface area (Å²) in [7, 11) is -16.8. The molecule has 8 atom stereocenters. The summed E-state index contributed by atoms with van der Waals surface area (Å²) in [6, 6.07) is 0. The summed E-state index contributed by atoms with van der Waals surface area (Å²) in [6.45, 7) is 1.01. The molecule has 2 amide bonds. The molecule has 13 N–H and O–H groups in total. The highest BCUT2D eigenvalue weighted by Crippen LogP contribution is 2.66. The number of aromatic nitrogens is 4. The first-order valence-electron chi connectivity index (χ1n) is 19.3. The summed E-state index contributed by atoms with van der Waals surface area (Å²) in [5, 5.41) is 34.1. The smallest absolute Gasteiger partial charge is 0.452 e. The summed E-state index contributed by atoms with van der Waals surface area (Å²) in [5.41, 5.74) is 10.0. The minimum absolute atomic E-state index is 0.0171. The van der Waals surface area contributed by atoms with E-state index in [0.29, 0.717) is 0 Å². The Hall–Kier alpha value is -5.43. The van der Waals surface area contributed by atoms with Crippen molar-refractivity contribution in [2.75, 3.05) is 51.0 Å². The molecule has 34 heteroatoms. The molecule has 0 aliphatic carbocycles. The van der Waals surface area contributed by atoms with Gasteiger partial charge in [0.15, 0.2) is 13.2 Å². The Morgan fingerprint density at radius 2 is 1.18 bits per heavy atom. The molecule has 8 unspecified atom stereocenters. The fourth-order valence-electron chi connectivity index (χ4n) is 5.45. The molecule has 31 nitrogen and oxygen atoms in total. The maximum atomic E-state index is 12.3. The molecule has 0 spiro atoms. The Morgan fingerprint density at radius 1 is 0.750 bits per heavy atom. The van der Waals surface area contributed by atoms with Crippen LogP contribution in [0.25, 0.3) is 0 Å². The fraction of sp³-hybridized carbons (Fsp3) is 0.529. The van der Waals surface area contributed by atoms with Crippen LogP contribution in [0.3, 0.4) is 0 Å². The molecule has 0 bridgehead atoms. The highest BCUT2D eigenvalue weighted by atomic mass is 31.3. The van der Waals surface area contributed by atoms with Crippen molar-refractivity contribution in [2.24, 2.45) is 0 Å². The van der Waals surface area contributed by atoms with Crippen LogP contribution in [0.5, 0.6) is 0 Å². The number of hydrogen-bond acceptors (Lipinski definition) is 23. The van der Waals surface area contributed by atoms with Crippen molar-refractivity contribution in [3.63, 3.8) is 0 Å². The number of aliphatic hydroxyl groups is 3. The molecule has 2 aliphatic rings. The molecule has 2 fully saturated rings. The van der Waals surface area contributed by atoms with Crippen LogP contribution in [0.1, 0.15) is 63.1 Å². The number of phosphoric ester groups is 1. The zero-order valence-corrected chi connectivity index (χ0v) is 38.3. The molecule has 376 valence electrons. The van der Waals surface area contributed by atoms with E-state index in [9.17, 15) is 62.5 Å². The molecule has 68 heavy (non-hydrogen) atoms. The molecular formula is C34H47N8O23P3. The predicted octanol–water partition coefficient (Wildman–Crippen LogP) is -3.87. The number of nitrogen functional groups attached to an aromatic ring is 2. The van der Waals surface area contributed by atoms with Crippen molar-refractivity contribution in [2.45, 2.75) is 76.4 Å². The second-order valence-electron chi connectivity index (χ2n) is 13.8. The van der Waals surface area contributed by atoms with E-state index >= 15 is 0 Å². The number of aliphatic hydroxyl groups excluding tert-OH is 3. The van der Waals surface area contributed by atoms with E-state index in [1.54, 1.807) is 0 Å². The van der Waals surface area contributed by atoms with E-state index in [0.717, 1.165) is 15.3 Å². The van der Waals surface area contributed by atoms with Crippen molar-refractivity contribution < 1.29 is 99.9 Å². The van der Waals surface area contributed by atoms with Gasteiger partial charge in [-0.15, -0.1) is 0 Å². The minimum atomic E-state index is -5.74. The molecular weight excluding hydrogens is 981 g/mol. The van der Waals surface area contributed by atoms with Gasteiger partial charge in [0.2, 0.25) is 11.8 Å². The van der Waals surface area contributed by atoms with Gasteiger partial charge in [-0.1, -0.05) is 23.7 Å². The van der Waals surface area contributed by atoms with Crippen molar-refractivity contribution in [3.05, 3.63) is 44.5 Å². The third-order valence-electron chi connectivity index (χ3n) is 8.45. The quantitative estimate of drug-likeness (QED) is 0.0386. The summed E-state index contributed by atoms with van der Waals surface area (Å²) in [6.07, 6.45) is -4.28. The van der Waals surface area contributed by atoms with Crippen LogP contribution in [-0.2, 0) is 65.0 Å². The number of hydrogen-bond donors (Lipinski definition) is 11. The third-order valence-corrected chi connectivity index (χ3v) is 12.3. The number of anilines is 2. The normalized spacial score (nSPS) is 21.5. The first-order chi connectivity index (χ1) is 31.7. The number of carbonyl (C=O) groups excluding carboxylic acids is 4. The summed E-state index contributed by atoms with van der Waals surface area (Å²) in [4.78, 5) is 112. The molecule has 2 aromatic heterocycles. The predicted molar refractivity (Wildman–Crippen MR) is 224 cm³/mol. The van der Waals surface area contributed by atoms with E-state index in [1.165, 1.54) is 20.0 Å². The number of carbonyl (C=O) groups is 4. The van der Waals surface area contributed by atoms with E-state index < -0.39 is 90.3 Å². The standard InChI is InChI=1S/C17H25N4O16P3.C17H22N4O7/c1-10(22)19-5-4-15(24)33-6-2-3-11-8-21(17(25)20-16(11)18)14-7-12(23)13(35-14)9-34-39(29,30)37-40(31,32)36-38(26,27)28;1-10(23)19-5-4-15(25)27-6-2-3-11-8-21(17(26)20-16(11)18)14-7-12(24)13(9-22)28-14/h8,12-14,23H,4-7,9H2,1H3,(H,19,22)(H,29,30)(H,31,32)(H2,18,20,25)(H2,26,27,28);8,12-14,22,24H,4-7,9H2,1H3,(H,19,23)(H2,18,20,26). The number of amides is 2. The van der Waals surface area contributed by atoms with Gasteiger partial charge in [0.1, 0.15) is 36.3 Å². The topological polar surface area (TPSA) is 472 Å². The monoisotopic (exact) mass is 1030 g/mol. The van der Waals surface area contributed by atoms with Gasteiger partial charge in [-0.05, 0) is 0 Å². The van der Waals surface area contributed by atoms with Crippen LogP contribution in [-0.4, -0.2) is 142 Å². The highest BCUT2D eigenvalue weighted by Gasteiger charge is 2.43. The van der Waals surface area contributed by atoms with Crippen LogP contribution in [0, 0.1) is 23.7 Å². The lowest BCUT2D eigenvalue weighted by molar-refractivity contribution is -0.143. The van der Waals surface area contributed by atoms with Crippen molar-refractivity contribution in [1.82, 2.24) is 29.7 Å². The third kappa shape index (κ3) is 19.7. The zero-order valence-electron chi connectivity index (χ0n) is 35.6. The SMILES string of the molecule is CC(=O)NCCC(=O)OCC#Cc1cn(C2CC(O)C(CO)O2)c(=O)nc1N.CC(=O)NCCC(=O)OCC#Cc1cn(C2CC(O)C(COP(=O)(O)OP(=O)(O)OP(=O)(O)O)O2)c(=O)nc1N. The molecule has 2 aromatic rings. The van der Waals surface area contributed by atoms with E-state index in [-0.39, 0.29) is 93.2 Å². The molecule has 0 saturated carbocycles. The van der Waals surface area contributed by atoms with E-state index in [1.807, 2.05) is 0 Å². The van der Waals surface area contributed by atoms with Gasteiger partial charge in [0, 0.05) is 52.2 Å². The minimum Gasteiger partial charge on any atom is -0.452 e. The number of ether oxygens (including phenoxy) is 4. The summed E-state index contributed by atoms with van der Waals surface area (Å²) >= 11 is 0. The van der Waals surface area contributed by atoms with Gasteiger partial charge in [0.25, 0.3) is 0 Å². The summed E-state index contributed by atoms with van der Waals surface area (Å²) in [5.74, 6) is 8.22. The average Bonchev–Trinajstić information content (AvgIpc) is 3.77. The number of phosphoric acid groups is 3. The van der Waals surface area contributed by atoms with Crippen molar-refractivity contribution in [3.8, 4) is 23.7 Å². The second kappa shape index (κ2) is 25.8. The molecule has 0 radical (unpaired) electrons. The van der Waals surface area contributed by atoms with Crippen molar-refractivity contribution in [1.29, 1.82) is 0 Å². The zero-order chi connectivity index (χ0) is 51.0. The lowest BCUT2D eigenvalue weighted by atomic mass is 10.2. The fourth-order valence-corrected chi connectivity index (χ4v) is 8.48. The molecule has 0 aromatic carbocycles. The van der Waals surface area contributed by atoms with Gasteiger partial charge in [-0.2, -0.15) is 18.6 Å². The number of rotatable bonds is 18. The Kier molecular flexibility index (Phi) is 21.6. The number of nitrogens with zero attached hydrogens (tertiary/aromatic N) is 4. The van der Waals surface area contributed by atoms with E-state index in [4.69, 9.17) is 45.3 Å². The number of esters is 2. The van der Waals surface area contributed by atoms with Gasteiger partial charge in [-0.25, -0.2) is 23.3 Å². The largest absolute Gasteiger partial charge is 0.490 e. The maximum Gasteiger partial charge on any atom is 0.490 e. The van der Waals surface area contributed by atoms with Gasteiger partial charge in [-0.3, -0.25) is 32.8 Å². The average molecular weight is 1030 g/mol. The highest BCUT2D eigenvalue weighted by molar-refractivity contribution is 7.66. The first-order valence-corrected chi connectivity index (χ1v) is 23.8. The van der Waals surface area contributed by atoms with Gasteiger partial charge < -0.3 is 75.9 Å². The van der Waals surface area contributed by atoms with Crippen LogP contribution in [0.4, 0.5) is 11.6 Å². The molecule has 4 rings (SSSR count). The lowest BCUT2D eigenvalue weighted by Crippen LogP contribution is -2.29. The van der Waals surface area contributed by atoms with Crippen LogP contribution >= 0.6 is 23.5 Å². The molecule has 2 aliphatic heterocycles. The maximum absolute atomic E-state index is 12.3. The van der Waals surface area contributed by atoms with Gasteiger partial charge >= 0.3 is 46.8 Å². The Balaban J connectivity index is 0.000000383. The Labute approximate surface area is 383 Å². The van der Waals surface area contributed by atoms with E-state index in [2.05, 4.69) is 57.4 Å². The number of nitrogens with two attached hydrogens (primary N) is 2.